The van der Waals surface area contributed by atoms with Gasteiger partial charge in [0.1, 0.15) is 5.75 Å². The highest BCUT2D eigenvalue weighted by molar-refractivity contribution is 9.10. The van der Waals surface area contributed by atoms with Crippen molar-refractivity contribution in [3.05, 3.63) is 75.8 Å². The molecule has 0 aliphatic rings. The fourth-order valence-electron chi connectivity index (χ4n) is 3.76. The normalized spacial score (nSPS) is 11.1. The Hall–Kier alpha value is -3.32. The number of ether oxygens (including phenoxy) is 1. The summed E-state index contributed by atoms with van der Waals surface area (Å²) in [4.78, 5) is 23.3. The largest absolute Gasteiger partial charge is 0.481 e. The maximum atomic E-state index is 12.2. The van der Waals surface area contributed by atoms with Crippen molar-refractivity contribution in [3.63, 3.8) is 0 Å². The summed E-state index contributed by atoms with van der Waals surface area (Å²) in [7, 11) is 0. The molecule has 0 saturated carbocycles. The summed E-state index contributed by atoms with van der Waals surface area (Å²) in [5.41, 5.74) is 9.71. The number of aliphatic carboxylic acids is 1. The van der Waals surface area contributed by atoms with E-state index in [-0.39, 0.29) is 0 Å². The highest BCUT2D eigenvalue weighted by Crippen LogP contribution is 2.39. The van der Waals surface area contributed by atoms with Crippen LogP contribution in [0.1, 0.15) is 21.5 Å². The number of primary amides is 1. The standard InChI is InChI=1S/C23H19BrN2O4/c1-13-9-18-22(19(10-13)30-12-20(27)28)21-16(23(25)29)3-2-4-17(21)26(18)11-14-5-7-15(24)8-6-14/h2-10H,11-12H2,1H3,(H2,25,29)(H,27,28). The number of nitrogens with zero attached hydrogens (tertiary/aromatic N) is 1. The maximum absolute atomic E-state index is 12.2. The molecule has 0 unspecified atom stereocenters. The van der Waals surface area contributed by atoms with Gasteiger partial charge in [0.25, 0.3) is 0 Å². The second kappa shape index (κ2) is 7.84. The van der Waals surface area contributed by atoms with Crippen LogP contribution in [0.25, 0.3) is 21.8 Å². The number of fused-ring (bicyclic) bond motifs is 3. The monoisotopic (exact) mass is 466 g/mol. The minimum Gasteiger partial charge on any atom is -0.481 e. The molecule has 0 bridgehead atoms. The van der Waals surface area contributed by atoms with Crippen LogP contribution in [0.4, 0.5) is 0 Å². The third kappa shape index (κ3) is 3.64. The molecule has 152 valence electrons. The number of aromatic nitrogens is 1. The van der Waals surface area contributed by atoms with E-state index in [2.05, 4.69) is 20.5 Å². The number of rotatable bonds is 6. The summed E-state index contributed by atoms with van der Waals surface area (Å²) in [5.74, 6) is -1.20. The number of carbonyl (C=O) groups is 2. The lowest BCUT2D eigenvalue weighted by Gasteiger charge is -2.10. The Morgan fingerprint density at radius 2 is 1.80 bits per heavy atom. The molecular weight excluding hydrogens is 448 g/mol. The van der Waals surface area contributed by atoms with E-state index >= 15 is 0 Å². The smallest absolute Gasteiger partial charge is 0.341 e. The molecule has 0 radical (unpaired) electrons. The number of benzene rings is 3. The van der Waals surface area contributed by atoms with Crippen molar-refractivity contribution < 1.29 is 19.4 Å². The van der Waals surface area contributed by atoms with Crippen molar-refractivity contribution in [1.29, 1.82) is 0 Å². The predicted octanol–water partition coefficient (Wildman–Crippen LogP) is 4.48. The third-order valence-corrected chi connectivity index (χ3v) is 5.50. The Bertz CT molecular complexity index is 1290. The molecule has 0 aliphatic heterocycles. The fraction of sp³-hybridized carbons (Fsp3) is 0.130. The van der Waals surface area contributed by atoms with Crippen molar-refractivity contribution >= 4 is 49.6 Å². The molecule has 6 nitrogen and oxygen atoms in total. The molecule has 1 aromatic heterocycles. The van der Waals surface area contributed by atoms with Gasteiger partial charge in [0.05, 0.1) is 16.4 Å². The van der Waals surface area contributed by atoms with E-state index in [1.807, 2.05) is 43.3 Å². The molecule has 0 atom stereocenters. The first kappa shape index (κ1) is 20.0. The molecular formula is C23H19BrN2O4. The Balaban J connectivity index is 2.04. The van der Waals surface area contributed by atoms with Crippen molar-refractivity contribution in [1.82, 2.24) is 4.57 Å². The molecule has 3 aromatic carbocycles. The Morgan fingerprint density at radius 1 is 1.07 bits per heavy atom. The zero-order valence-electron chi connectivity index (χ0n) is 16.2. The van der Waals surface area contributed by atoms with Crippen LogP contribution < -0.4 is 10.5 Å². The lowest BCUT2D eigenvalue weighted by Crippen LogP contribution is -2.11. The number of halogens is 1. The van der Waals surface area contributed by atoms with Crippen LogP contribution >= 0.6 is 15.9 Å². The van der Waals surface area contributed by atoms with Crippen molar-refractivity contribution in [2.45, 2.75) is 13.5 Å². The first-order valence-corrected chi connectivity index (χ1v) is 10.1. The van der Waals surface area contributed by atoms with Crippen molar-refractivity contribution in [2.24, 2.45) is 5.73 Å². The van der Waals surface area contributed by atoms with Crippen LogP contribution in [0.15, 0.2) is 59.1 Å². The molecule has 0 fully saturated rings. The molecule has 4 aromatic rings. The topological polar surface area (TPSA) is 94.6 Å². The van der Waals surface area contributed by atoms with E-state index in [9.17, 15) is 9.59 Å². The second-order valence-electron chi connectivity index (χ2n) is 7.12. The van der Waals surface area contributed by atoms with Gasteiger partial charge in [0, 0.05) is 22.0 Å². The van der Waals surface area contributed by atoms with Gasteiger partial charge in [-0.15, -0.1) is 0 Å². The minimum atomic E-state index is -1.07. The predicted molar refractivity (Wildman–Crippen MR) is 119 cm³/mol. The molecule has 0 spiro atoms. The number of carboxylic acids is 1. The zero-order valence-corrected chi connectivity index (χ0v) is 17.8. The highest BCUT2D eigenvalue weighted by Gasteiger charge is 2.20. The average molecular weight is 467 g/mol. The van der Waals surface area contributed by atoms with Crippen molar-refractivity contribution in [3.8, 4) is 5.75 Å². The van der Waals surface area contributed by atoms with Gasteiger partial charge in [-0.1, -0.05) is 34.1 Å². The van der Waals surface area contributed by atoms with Gasteiger partial charge in [-0.25, -0.2) is 4.79 Å². The van der Waals surface area contributed by atoms with Crippen LogP contribution in [0.2, 0.25) is 0 Å². The second-order valence-corrected chi connectivity index (χ2v) is 8.03. The fourth-order valence-corrected chi connectivity index (χ4v) is 4.02. The summed E-state index contributed by atoms with van der Waals surface area (Å²) in [6.07, 6.45) is 0. The first-order valence-electron chi connectivity index (χ1n) is 9.29. The van der Waals surface area contributed by atoms with Crippen LogP contribution in [0.3, 0.4) is 0 Å². The average Bonchev–Trinajstić information content (AvgIpc) is 3.01. The Labute approximate surface area is 181 Å². The van der Waals surface area contributed by atoms with Gasteiger partial charge >= 0.3 is 5.97 Å². The maximum Gasteiger partial charge on any atom is 0.341 e. The summed E-state index contributed by atoms with van der Waals surface area (Å²) < 4.78 is 8.70. The van der Waals surface area contributed by atoms with E-state index in [1.54, 1.807) is 18.2 Å². The molecule has 7 heteroatoms. The van der Waals surface area contributed by atoms with E-state index in [0.717, 1.165) is 26.6 Å². The van der Waals surface area contributed by atoms with Crippen LogP contribution in [-0.2, 0) is 11.3 Å². The summed E-state index contributed by atoms with van der Waals surface area (Å²) in [6, 6.07) is 17.2. The molecule has 1 heterocycles. The lowest BCUT2D eigenvalue weighted by atomic mass is 10.0. The summed E-state index contributed by atoms with van der Waals surface area (Å²) >= 11 is 3.45. The van der Waals surface area contributed by atoms with Crippen molar-refractivity contribution in [2.75, 3.05) is 6.61 Å². The molecule has 3 N–H and O–H groups in total. The number of nitrogens with two attached hydrogens (primary N) is 1. The van der Waals surface area contributed by atoms with Crippen LogP contribution in [0.5, 0.6) is 5.75 Å². The Kier molecular flexibility index (Phi) is 5.22. The van der Waals surface area contributed by atoms with E-state index in [4.69, 9.17) is 15.6 Å². The van der Waals surface area contributed by atoms with Gasteiger partial charge in [-0.2, -0.15) is 0 Å². The Morgan fingerprint density at radius 3 is 2.47 bits per heavy atom. The van der Waals surface area contributed by atoms with Gasteiger partial charge in [0.2, 0.25) is 5.91 Å². The SMILES string of the molecule is Cc1cc(OCC(=O)O)c2c3c(C(N)=O)cccc3n(Cc3ccc(Br)cc3)c2c1. The number of carbonyl (C=O) groups excluding carboxylic acids is 1. The molecule has 0 aliphatic carbocycles. The number of aryl methyl sites for hydroxylation is 1. The zero-order chi connectivity index (χ0) is 21.4. The van der Waals surface area contributed by atoms with Gasteiger partial charge in [-0.05, 0) is 54.4 Å². The van der Waals surface area contributed by atoms with Gasteiger partial charge in [-0.3, -0.25) is 4.79 Å². The number of hydrogen-bond acceptors (Lipinski definition) is 3. The molecule has 30 heavy (non-hydrogen) atoms. The van der Waals surface area contributed by atoms with Crippen LogP contribution in [0, 0.1) is 6.92 Å². The molecule has 4 rings (SSSR count). The van der Waals surface area contributed by atoms with E-state index < -0.39 is 18.5 Å². The first-order chi connectivity index (χ1) is 14.3. The van der Waals surface area contributed by atoms with E-state index in [1.165, 1.54) is 0 Å². The van der Waals surface area contributed by atoms with E-state index in [0.29, 0.717) is 28.6 Å². The third-order valence-electron chi connectivity index (χ3n) is 4.97. The summed E-state index contributed by atoms with van der Waals surface area (Å²) in [5, 5.41) is 10.4. The number of hydrogen-bond donors (Lipinski definition) is 2. The van der Waals surface area contributed by atoms with Gasteiger partial charge < -0.3 is 20.1 Å². The number of carboxylic acid groups (broad SMARTS) is 1. The van der Waals surface area contributed by atoms with Gasteiger partial charge in [0.15, 0.2) is 6.61 Å². The highest BCUT2D eigenvalue weighted by atomic mass is 79.9. The molecule has 0 saturated heterocycles. The quantitative estimate of drug-likeness (QED) is 0.437. The number of amides is 1. The minimum absolute atomic E-state index is 0.371. The lowest BCUT2D eigenvalue weighted by molar-refractivity contribution is -0.139. The van der Waals surface area contributed by atoms with Crippen LogP contribution in [-0.4, -0.2) is 28.2 Å². The molecule has 1 amide bonds. The summed E-state index contributed by atoms with van der Waals surface area (Å²) in [6.45, 7) is 2.01.